The zero-order valence-corrected chi connectivity index (χ0v) is 12.2. The predicted octanol–water partition coefficient (Wildman–Crippen LogP) is 0.796. The van der Waals surface area contributed by atoms with Crippen LogP contribution in [0.5, 0.6) is 0 Å². The summed E-state index contributed by atoms with van der Waals surface area (Å²) in [7, 11) is 1.26. The van der Waals surface area contributed by atoms with E-state index in [4.69, 9.17) is 5.11 Å². The van der Waals surface area contributed by atoms with Crippen LogP contribution in [0, 0.1) is 0 Å². The maximum atomic E-state index is 11.6. The number of rotatable bonds is 6. The molecule has 0 spiro atoms. The lowest BCUT2D eigenvalue weighted by molar-refractivity contribution is -0.137. The fourth-order valence-corrected chi connectivity index (χ4v) is 2.38. The number of nitrogens with one attached hydrogen (secondary N) is 1. The number of thiazole rings is 1. The summed E-state index contributed by atoms with van der Waals surface area (Å²) in [4.78, 5) is 38.1. The summed E-state index contributed by atoms with van der Waals surface area (Å²) in [5, 5.41) is 11.4. The minimum atomic E-state index is -1.13. The lowest BCUT2D eigenvalue weighted by atomic mass is 10.2. The second-order valence-corrected chi connectivity index (χ2v) is 5.35. The number of nitrogens with zero attached hydrogens (tertiary/aromatic N) is 1. The number of carboxylic acids is 1. The molecule has 0 atom stereocenters. The second-order valence-electron chi connectivity index (χ2n) is 4.32. The Morgan fingerprint density at radius 2 is 2.05 bits per heavy atom. The smallest absolute Gasteiger partial charge is 0.350 e. The zero-order chi connectivity index (χ0) is 15.3. The van der Waals surface area contributed by atoms with Crippen LogP contribution in [0.3, 0.4) is 0 Å². The number of amides is 1. The van der Waals surface area contributed by atoms with E-state index in [1.165, 1.54) is 18.4 Å². The molecule has 1 aromatic heterocycles. The Balaban J connectivity index is 2.89. The number of hydrogen-bond donors (Lipinski definition) is 2. The molecule has 0 saturated heterocycles. The van der Waals surface area contributed by atoms with Crippen molar-refractivity contribution in [2.45, 2.75) is 26.2 Å². The fraction of sp³-hybridized carbons (Fsp3) is 0.500. The molecule has 0 radical (unpaired) electrons. The Hall–Kier alpha value is -1.96. The third-order valence-electron chi connectivity index (χ3n) is 2.34. The number of hydrogen-bond acceptors (Lipinski definition) is 6. The van der Waals surface area contributed by atoms with Gasteiger partial charge in [-0.15, -0.1) is 11.3 Å². The summed E-state index contributed by atoms with van der Waals surface area (Å²) in [6.45, 7) is 3.38. The number of ether oxygens (including phenoxy) is 1. The van der Waals surface area contributed by atoms with Crippen LogP contribution in [0.2, 0.25) is 0 Å². The van der Waals surface area contributed by atoms with Crippen molar-refractivity contribution in [2.75, 3.05) is 13.7 Å². The van der Waals surface area contributed by atoms with E-state index in [9.17, 15) is 14.4 Å². The Morgan fingerprint density at radius 1 is 1.40 bits per heavy atom. The molecule has 2 N–H and O–H groups in total. The molecule has 0 bridgehead atoms. The van der Waals surface area contributed by atoms with E-state index in [1.807, 2.05) is 13.8 Å². The van der Waals surface area contributed by atoms with Crippen LogP contribution >= 0.6 is 11.3 Å². The van der Waals surface area contributed by atoms with Gasteiger partial charge in [0.1, 0.15) is 11.4 Å². The van der Waals surface area contributed by atoms with Crippen LogP contribution in [0.15, 0.2) is 0 Å². The number of carbonyl (C=O) groups excluding carboxylic acids is 2. The van der Waals surface area contributed by atoms with Gasteiger partial charge in [0, 0.05) is 5.92 Å². The van der Waals surface area contributed by atoms with Crippen molar-refractivity contribution < 1.29 is 24.2 Å². The fourth-order valence-electron chi connectivity index (χ4n) is 1.38. The number of aliphatic carboxylic acids is 1. The standard InChI is InChI=1S/C12H16N2O5S/c1-6(2)11-14-7(10(20-11)12(18)19-3)4-8(15)13-5-9(16)17/h6H,4-5H2,1-3H3,(H,13,15)(H,16,17). The van der Waals surface area contributed by atoms with Crippen LogP contribution in [-0.4, -0.2) is 41.6 Å². The highest BCUT2D eigenvalue weighted by molar-refractivity contribution is 7.13. The van der Waals surface area contributed by atoms with E-state index in [-0.39, 0.29) is 17.2 Å². The molecule has 1 aromatic rings. The minimum absolute atomic E-state index is 0.124. The van der Waals surface area contributed by atoms with Crippen LogP contribution < -0.4 is 5.32 Å². The Bertz CT molecular complexity index is 524. The largest absolute Gasteiger partial charge is 0.480 e. The summed E-state index contributed by atoms with van der Waals surface area (Å²) >= 11 is 1.18. The van der Waals surface area contributed by atoms with Crippen molar-refractivity contribution in [1.82, 2.24) is 10.3 Å². The third kappa shape index (κ3) is 4.30. The molecule has 0 aliphatic carbocycles. The highest BCUT2D eigenvalue weighted by atomic mass is 32.1. The van der Waals surface area contributed by atoms with E-state index in [0.717, 1.165) is 5.01 Å². The van der Waals surface area contributed by atoms with Crippen LogP contribution in [0.4, 0.5) is 0 Å². The Kier molecular flexibility index (Phi) is 5.63. The first-order chi connectivity index (χ1) is 9.35. The molecule has 1 heterocycles. The molecule has 0 aliphatic rings. The molecule has 0 unspecified atom stereocenters. The van der Waals surface area contributed by atoms with Gasteiger partial charge in [-0.05, 0) is 0 Å². The highest BCUT2D eigenvalue weighted by Gasteiger charge is 2.22. The molecule has 1 amide bonds. The normalized spacial score (nSPS) is 10.4. The number of aromatic nitrogens is 1. The van der Waals surface area contributed by atoms with E-state index in [1.54, 1.807) is 0 Å². The first kappa shape index (κ1) is 16.1. The molecular weight excluding hydrogens is 284 g/mol. The van der Waals surface area contributed by atoms with Gasteiger partial charge in [-0.25, -0.2) is 9.78 Å². The molecule has 0 aromatic carbocycles. The molecule has 0 saturated carbocycles. The van der Waals surface area contributed by atoms with Crippen molar-refractivity contribution in [1.29, 1.82) is 0 Å². The van der Waals surface area contributed by atoms with Crippen LogP contribution in [0.25, 0.3) is 0 Å². The molecule has 0 fully saturated rings. The summed E-state index contributed by atoms with van der Waals surface area (Å²) in [6.07, 6.45) is -0.152. The van der Waals surface area contributed by atoms with Gasteiger partial charge in [-0.3, -0.25) is 9.59 Å². The average molecular weight is 300 g/mol. The molecular formula is C12H16N2O5S. The van der Waals surface area contributed by atoms with Crippen molar-refractivity contribution in [2.24, 2.45) is 0 Å². The molecule has 110 valence electrons. The van der Waals surface area contributed by atoms with Gasteiger partial charge in [0.25, 0.3) is 0 Å². The summed E-state index contributed by atoms with van der Waals surface area (Å²) in [5.41, 5.74) is 0.313. The number of methoxy groups -OCH3 is 1. The summed E-state index contributed by atoms with van der Waals surface area (Å²) < 4.78 is 4.66. The van der Waals surface area contributed by atoms with E-state index in [2.05, 4.69) is 15.0 Å². The zero-order valence-electron chi connectivity index (χ0n) is 11.4. The third-order valence-corrected chi connectivity index (χ3v) is 3.72. The topological polar surface area (TPSA) is 106 Å². The lowest BCUT2D eigenvalue weighted by Crippen LogP contribution is -2.30. The molecule has 20 heavy (non-hydrogen) atoms. The van der Waals surface area contributed by atoms with Gasteiger partial charge in [0.15, 0.2) is 0 Å². The van der Waals surface area contributed by atoms with Crippen LogP contribution in [0.1, 0.15) is 40.1 Å². The Morgan fingerprint density at radius 3 is 2.55 bits per heavy atom. The SMILES string of the molecule is COC(=O)c1sc(C(C)C)nc1CC(=O)NCC(=O)O. The Labute approximate surface area is 120 Å². The monoisotopic (exact) mass is 300 g/mol. The number of esters is 1. The van der Waals surface area contributed by atoms with E-state index >= 15 is 0 Å². The van der Waals surface area contributed by atoms with Gasteiger partial charge in [-0.1, -0.05) is 13.8 Å². The van der Waals surface area contributed by atoms with Gasteiger partial charge >= 0.3 is 11.9 Å². The van der Waals surface area contributed by atoms with Crippen molar-refractivity contribution in [3.05, 3.63) is 15.6 Å². The first-order valence-corrected chi connectivity index (χ1v) is 6.73. The van der Waals surface area contributed by atoms with Crippen molar-refractivity contribution in [3.8, 4) is 0 Å². The first-order valence-electron chi connectivity index (χ1n) is 5.91. The molecule has 7 nitrogen and oxygen atoms in total. The second kappa shape index (κ2) is 6.99. The average Bonchev–Trinajstić information content (AvgIpc) is 2.79. The van der Waals surface area contributed by atoms with E-state index in [0.29, 0.717) is 5.69 Å². The minimum Gasteiger partial charge on any atom is -0.480 e. The van der Waals surface area contributed by atoms with Crippen LogP contribution in [-0.2, 0) is 20.7 Å². The lowest BCUT2D eigenvalue weighted by Gasteiger charge is -2.02. The van der Waals surface area contributed by atoms with Crippen molar-refractivity contribution >= 4 is 29.2 Å². The van der Waals surface area contributed by atoms with Crippen molar-refractivity contribution in [3.63, 3.8) is 0 Å². The highest BCUT2D eigenvalue weighted by Crippen LogP contribution is 2.25. The maximum Gasteiger partial charge on any atom is 0.350 e. The molecule has 0 aliphatic heterocycles. The summed E-state index contributed by atoms with van der Waals surface area (Å²) in [5.74, 6) is -2.06. The number of carboxylic acid groups (broad SMARTS) is 1. The molecule has 1 rings (SSSR count). The van der Waals surface area contributed by atoms with Gasteiger partial charge < -0.3 is 15.2 Å². The van der Waals surface area contributed by atoms with E-state index < -0.39 is 24.4 Å². The number of carbonyl (C=O) groups is 3. The quantitative estimate of drug-likeness (QED) is 0.753. The van der Waals surface area contributed by atoms with Gasteiger partial charge in [0.2, 0.25) is 5.91 Å². The van der Waals surface area contributed by atoms with Gasteiger partial charge in [-0.2, -0.15) is 0 Å². The maximum absolute atomic E-state index is 11.6. The predicted molar refractivity (Wildman–Crippen MR) is 71.9 cm³/mol. The summed E-state index contributed by atoms with van der Waals surface area (Å²) in [6, 6.07) is 0. The van der Waals surface area contributed by atoms with Gasteiger partial charge in [0.05, 0.1) is 24.2 Å². The molecule has 8 heteroatoms.